The monoisotopic (exact) mass is 351 g/mol. The second-order valence-corrected chi connectivity index (χ2v) is 5.43. The van der Waals surface area contributed by atoms with E-state index in [2.05, 4.69) is 21.1 Å². The van der Waals surface area contributed by atoms with E-state index in [1.54, 1.807) is 30.3 Å². The first-order chi connectivity index (χ1) is 10.2. The predicted molar refractivity (Wildman–Crippen MR) is 78.7 cm³/mol. The van der Waals surface area contributed by atoms with E-state index in [9.17, 15) is 4.39 Å². The molecule has 3 rings (SSSR count). The molecule has 4 nitrogen and oxygen atoms in total. The molecule has 108 valence electrons. The van der Waals surface area contributed by atoms with Gasteiger partial charge in [-0.25, -0.2) is 4.39 Å². The molecule has 6 heteroatoms. The number of oxime groups is 1. The standard InChI is InChI=1S/C15H11BrFNO3/c16-10-2-1-9(13(17)5-10)7-20-11-3-4-12-14(18-19)8-21-15(12)6-11/h1-6,19H,7-8H2. The fourth-order valence-corrected chi connectivity index (χ4v) is 2.39. The van der Waals surface area contributed by atoms with Crippen molar-refractivity contribution in [2.45, 2.75) is 6.61 Å². The van der Waals surface area contributed by atoms with Crippen LogP contribution in [-0.2, 0) is 6.61 Å². The molecule has 0 aliphatic carbocycles. The fraction of sp³-hybridized carbons (Fsp3) is 0.133. The maximum Gasteiger partial charge on any atom is 0.134 e. The largest absolute Gasteiger partial charge is 0.489 e. The van der Waals surface area contributed by atoms with Gasteiger partial charge in [-0.15, -0.1) is 0 Å². The molecule has 0 unspecified atom stereocenters. The van der Waals surface area contributed by atoms with Crippen LogP contribution in [0.2, 0.25) is 0 Å². The summed E-state index contributed by atoms with van der Waals surface area (Å²) in [6, 6.07) is 10.0. The summed E-state index contributed by atoms with van der Waals surface area (Å²) in [4.78, 5) is 0. The third kappa shape index (κ3) is 2.85. The minimum absolute atomic E-state index is 0.124. The lowest BCUT2D eigenvalue weighted by atomic mass is 10.1. The highest BCUT2D eigenvalue weighted by Gasteiger charge is 2.20. The molecule has 0 saturated carbocycles. The predicted octanol–water partition coefficient (Wildman–Crippen LogP) is 3.74. The maximum absolute atomic E-state index is 13.7. The van der Waals surface area contributed by atoms with Crippen LogP contribution in [0.3, 0.4) is 0 Å². The van der Waals surface area contributed by atoms with Gasteiger partial charge in [0.05, 0.1) is 0 Å². The minimum Gasteiger partial charge on any atom is -0.489 e. The van der Waals surface area contributed by atoms with Crippen molar-refractivity contribution >= 4 is 21.6 Å². The summed E-state index contributed by atoms with van der Waals surface area (Å²) in [6.45, 7) is 0.357. The molecular formula is C15H11BrFNO3. The average Bonchev–Trinajstić information content (AvgIpc) is 2.88. The Morgan fingerprint density at radius 2 is 2.14 bits per heavy atom. The zero-order valence-corrected chi connectivity index (χ0v) is 12.4. The molecule has 1 aliphatic heterocycles. The minimum atomic E-state index is -0.323. The molecule has 0 spiro atoms. The van der Waals surface area contributed by atoms with Crippen LogP contribution in [0, 0.1) is 5.82 Å². The Labute approximate surface area is 128 Å². The summed E-state index contributed by atoms with van der Waals surface area (Å²) in [5.41, 5.74) is 1.69. The number of hydrogen-bond acceptors (Lipinski definition) is 4. The third-order valence-corrected chi connectivity index (χ3v) is 3.65. The molecule has 0 radical (unpaired) electrons. The topological polar surface area (TPSA) is 51.1 Å². The summed E-state index contributed by atoms with van der Waals surface area (Å²) >= 11 is 3.21. The van der Waals surface area contributed by atoms with Gasteiger partial charge in [-0.1, -0.05) is 27.2 Å². The molecule has 1 aliphatic rings. The number of ether oxygens (including phenoxy) is 2. The van der Waals surface area contributed by atoms with Gasteiger partial charge in [-0.2, -0.15) is 0 Å². The highest BCUT2D eigenvalue weighted by atomic mass is 79.9. The van der Waals surface area contributed by atoms with Gasteiger partial charge in [0, 0.05) is 21.7 Å². The lowest BCUT2D eigenvalue weighted by molar-refractivity contribution is 0.297. The maximum atomic E-state index is 13.7. The Bertz CT molecular complexity index is 718. The zero-order chi connectivity index (χ0) is 14.8. The third-order valence-electron chi connectivity index (χ3n) is 3.16. The number of benzene rings is 2. The Morgan fingerprint density at radius 1 is 1.29 bits per heavy atom. The van der Waals surface area contributed by atoms with E-state index in [-0.39, 0.29) is 19.0 Å². The van der Waals surface area contributed by atoms with Gasteiger partial charge >= 0.3 is 0 Å². The second kappa shape index (κ2) is 5.73. The van der Waals surface area contributed by atoms with Crippen LogP contribution in [-0.4, -0.2) is 17.5 Å². The van der Waals surface area contributed by atoms with Crippen molar-refractivity contribution < 1.29 is 19.1 Å². The van der Waals surface area contributed by atoms with Crippen molar-refractivity contribution in [3.63, 3.8) is 0 Å². The van der Waals surface area contributed by atoms with Crippen LogP contribution in [0.5, 0.6) is 11.5 Å². The molecule has 2 aromatic rings. The highest BCUT2D eigenvalue weighted by Crippen LogP contribution is 2.30. The Kier molecular flexibility index (Phi) is 3.79. The van der Waals surface area contributed by atoms with E-state index in [0.717, 1.165) is 5.56 Å². The normalized spacial score (nSPS) is 14.9. The van der Waals surface area contributed by atoms with Gasteiger partial charge in [0.25, 0.3) is 0 Å². The SMILES string of the molecule is ON=C1COc2cc(OCc3ccc(Br)cc3F)ccc21. The van der Waals surface area contributed by atoms with Crippen molar-refractivity contribution in [2.24, 2.45) is 5.16 Å². The van der Waals surface area contributed by atoms with E-state index in [1.807, 2.05) is 0 Å². The number of nitrogens with zero attached hydrogens (tertiary/aromatic N) is 1. The van der Waals surface area contributed by atoms with Crippen LogP contribution < -0.4 is 9.47 Å². The van der Waals surface area contributed by atoms with Crippen LogP contribution in [0.15, 0.2) is 46.0 Å². The molecule has 0 amide bonds. The van der Waals surface area contributed by atoms with E-state index in [0.29, 0.717) is 27.2 Å². The molecule has 0 aromatic heterocycles. The first kappa shape index (κ1) is 13.9. The number of halogens is 2. The lowest BCUT2D eigenvalue weighted by Gasteiger charge is -2.08. The second-order valence-electron chi connectivity index (χ2n) is 4.52. The van der Waals surface area contributed by atoms with E-state index in [4.69, 9.17) is 14.7 Å². The van der Waals surface area contributed by atoms with Crippen molar-refractivity contribution in [1.82, 2.24) is 0 Å². The number of hydrogen-bond donors (Lipinski definition) is 1. The summed E-state index contributed by atoms with van der Waals surface area (Å²) in [7, 11) is 0. The molecule has 0 bridgehead atoms. The molecule has 21 heavy (non-hydrogen) atoms. The van der Waals surface area contributed by atoms with Crippen LogP contribution in [0.1, 0.15) is 11.1 Å². The smallest absolute Gasteiger partial charge is 0.134 e. The van der Waals surface area contributed by atoms with E-state index >= 15 is 0 Å². The van der Waals surface area contributed by atoms with Crippen molar-refractivity contribution in [1.29, 1.82) is 0 Å². The molecule has 0 saturated heterocycles. The van der Waals surface area contributed by atoms with Gasteiger partial charge in [0.1, 0.15) is 36.2 Å². The Balaban J connectivity index is 1.75. The molecule has 2 aromatic carbocycles. The summed E-state index contributed by atoms with van der Waals surface area (Å²) in [5.74, 6) is 0.836. The van der Waals surface area contributed by atoms with Gasteiger partial charge in [-0.05, 0) is 24.3 Å². The quantitative estimate of drug-likeness (QED) is 0.676. The molecular weight excluding hydrogens is 341 g/mol. The zero-order valence-electron chi connectivity index (χ0n) is 10.8. The van der Waals surface area contributed by atoms with E-state index in [1.165, 1.54) is 6.07 Å². The number of rotatable bonds is 3. The van der Waals surface area contributed by atoms with Crippen LogP contribution in [0.4, 0.5) is 4.39 Å². The van der Waals surface area contributed by atoms with Crippen molar-refractivity contribution in [2.75, 3.05) is 6.61 Å². The fourth-order valence-electron chi connectivity index (χ4n) is 2.06. The van der Waals surface area contributed by atoms with Crippen molar-refractivity contribution in [3.05, 3.63) is 57.8 Å². The van der Waals surface area contributed by atoms with Crippen molar-refractivity contribution in [3.8, 4) is 11.5 Å². The molecule has 0 atom stereocenters. The Hall–Kier alpha value is -2.08. The number of fused-ring (bicyclic) bond motifs is 1. The Morgan fingerprint density at radius 3 is 2.90 bits per heavy atom. The first-order valence-corrected chi connectivity index (χ1v) is 7.01. The highest BCUT2D eigenvalue weighted by molar-refractivity contribution is 9.10. The lowest BCUT2D eigenvalue weighted by Crippen LogP contribution is -2.01. The summed E-state index contributed by atoms with van der Waals surface area (Å²) in [6.07, 6.45) is 0. The van der Waals surface area contributed by atoms with Gasteiger partial charge in [0.2, 0.25) is 0 Å². The summed E-state index contributed by atoms with van der Waals surface area (Å²) < 4.78 is 25.3. The van der Waals surface area contributed by atoms with Crippen LogP contribution in [0.25, 0.3) is 0 Å². The summed E-state index contributed by atoms with van der Waals surface area (Å²) in [5, 5.41) is 12.0. The van der Waals surface area contributed by atoms with Gasteiger partial charge < -0.3 is 14.7 Å². The molecule has 1 N–H and O–H groups in total. The first-order valence-electron chi connectivity index (χ1n) is 6.22. The van der Waals surface area contributed by atoms with E-state index < -0.39 is 0 Å². The molecule has 0 fully saturated rings. The average molecular weight is 352 g/mol. The van der Waals surface area contributed by atoms with Gasteiger partial charge in [0.15, 0.2) is 0 Å². The molecule has 1 heterocycles. The van der Waals surface area contributed by atoms with Gasteiger partial charge in [-0.3, -0.25) is 0 Å². The van der Waals surface area contributed by atoms with Crippen LogP contribution >= 0.6 is 15.9 Å².